The number of fused-ring (bicyclic) bond motifs is 1. The molecule has 0 aliphatic carbocycles. The van der Waals surface area contributed by atoms with Crippen molar-refractivity contribution in [1.29, 1.82) is 0 Å². The molecule has 6 heteroatoms. The summed E-state index contributed by atoms with van der Waals surface area (Å²) in [6.07, 6.45) is 1.80. The average Bonchev–Trinajstić information content (AvgIpc) is 3.00. The van der Waals surface area contributed by atoms with Crippen molar-refractivity contribution in [2.45, 2.75) is 13.8 Å². The first-order chi connectivity index (χ1) is 13.0. The van der Waals surface area contributed by atoms with Gasteiger partial charge in [0.25, 0.3) is 5.91 Å². The highest BCUT2D eigenvalue weighted by atomic mass is 35.5. The molecule has 0 saturated heterocycles. The van der Waals surface area contributed by atoms with E-state index in [-0.39, 0.29) is 12.5 Å². The fraction of sp³-hybridized carbons (Fsp3) is 0.143. The van der Waals surface area contributed by atoms with Crippen LogP contribution in [0.25, 0.3) is 17.5 Å². The number of carbonyl (C=O) groups is 1. The molecule has 1 amide bonds. The molecule has 1 aromatic heterocycles. The zero-order chi connectivity index (χ0) is 19.0. The number of anilines is 1. The van der Waals surface area contributed by atoms with Gasteiger partial charge in [-0.1, -0.05) is 17.7 Å². The second-order valence-corrected chi connectivity index (χ2v) is 6.77. The fourth-order valence-electron chi connectivity index (χ4n) is 2.82. The number of hydrogen-bond acceptors (Lipinski definition) is 4. The van der Waals surface area contributed by atoms with Crippen LogP contribution in [-0.2, 0) is 4.79 Å². The number of oxazole rings is 1. The largest absolute Gasteiger partial charge is 0.488 e. The van der Waals surface area contributed by atoms with Gasteiger partial charge >= 0.3 is 0 Å². The number of carbonyl (C=O) groups excluding carboxylic acids is 1. The molecule has 1 N–H and O–H groups in total. The van der Waals surface area contributed by atoms with Gasteiger partial charge in [0, 0.05) is 21.8 Å². The lowest BCUT2D eigenvalue weighted by Crippen LogP contribution is -2.21. The molecule has 0 bridgehead atoms. The summed E-state index contributed by atoms with van der Waals surface area (Å²) in [5.41, 5.74) is 3.62. The first kappa shape index (κ1) is 17.4. The van der Waals surface area contributed by atoms with Gasteiger partial charge in [-0.2, -0.15) is 0 Å². The second-order valence-electron chi connectivity index (χ2n) is 6.34. The Balaban J connectivity index is 1.56. The van der Waals surface area contributed by atoms with Gasteiger partial charge in [0.2, 0.25) is 5.89 Å². The van der Waals surface area contributed by atoms with Gasteiger partial charge in [-0.05, 0) is 56.3 Å². The predicted molar refractivity (Wildman–Crippen MR) is 105 cm³/mol. The molecular weight excluding hydrogens is 364 g/mol. The third-order valence-electron chi connectivity index (χ3n) is 4.37. The lowest BCUT2D eigenvalue weighted by molar-refractivity contribution is -0.113. The molecule has 27 heavy (non-hydrogen) atoms. The Hall–Kier alpha value is -3.05. The number of amides is 1. The monoisotopic (exact) mass is 380 g/mol. The van der Waals surface area contributed by atoms with E-state index in [0.717, 1.165) is 22.6 Å². The summed E-state index contributed by atoms with van der Waals surface area (Å²) >= 11 is 6.02. The zero-order valence-corrected chi connectivity index (χ0v) is 15.6. The summed E-state index contributed by atoms with van der Waals surface area (Å²) in [5, 5.41) is 3.50. The van der Waals surface area contributed by atoms with Crippen LogP contribution in [0.3, 0.4) is 0 Å². The number of nitrogens with zero attached hydrogens (tertiary/aromatic N) is 1. The van der Waals surface area contributed by atoms with Crippen molar-refractivity contribution in [3.63, 3.8) is 0 Å². The Kier molecular flexibility index (Phi) is 4.46. The predicted octanol–water partition coefficient (Wildman–Crippen LogP) is 5.03. The number of hydrogen-bond donors (Lipinski definition) is 1. The van der Waals surface area contributed by atoms with Crippen molar-refractivity contribution in [3.8, 4) is 17.2 Å². The van der Waals surface area contributed by atoms with Gasteiger partial charge in [-0.25, -0.2) is 4.98 Å². The molecule has 0 radical (unpaired) electrons. The minimum Gasteiger partial charge on any atom is -0.488 e. The van der Waals surface area contributed by atoms with Crippen molar-refractivity contribution in [1.82, 2.24) is 4.98 Å². The van der Waals surface area contributed by atoms with E-state index in [2.05, 4.69) is 10.3 Å². The molecule has 1 aliphatic heterocycles. The summed E-state index contributed by atoms with van der Waals surface area (Å²) in [6, 6.07) is 12.7. The summed E-state index contributed by atoms with van der Waals surface area (Å²) < 4.78 is 11.3. The lowest BCUT2D eigenvalue weighted by Gasteiger charge is -2.18. The first-order valence-electron chi connectivity index (χ1n) is 8.48. The number of halogens is 1. The molecule has 3 aromatic rings. The van der Waals surface area contributed by atoms with E-state index < -0.39 is 0 Å². The van der Waals surface area contributed by atoms with Gasteiger partial charge in [0.1, 0.15) is 18.1 Å². The van der Waals surface area contributed by atoms with E-state index in [9.17, 15) is 4.79 Å². The molecule has 5 nitrogen and oxygen atoms in total. The maximum absolute atomic E-state index is 12.6. The summed E-state index contributed by atoms with van der Waals surface area (Å²) in [7, 11) is 0. The molecule has 2 heterocycles. The van der Waals surface area contributed by atoms with Crippen LogP contribution in [0.2, 0.25) is 5.02 Å². The van der Waals surface area contributed by atoms with Crippen LogP contribution in [0.1, 0.15) is 17.0 Å². The quantitative estimate of drug-likeness (QED) is 0.692. The molecule has 0 atom stereocenters. The van der Waals surface area contributed by atoms with E-state index in [0.29, 0.717) is 27.9 Å². The number of aromatic nitrogens is 1. The van der Waals surface area contributed by atoms with Crippen molar-refractivity contribution >= 4 is 29.3 Å². The maximum Gasteiger partial charge on any atom is 0.255 e. The Morgan fingerprint density at radius 2 is 2.04 bits per heavy atom. The number of rotatable bonds is 3. The van der Waals surface area contributed by atoms with Crippen LogP contribution >= 0.6 is 11.6 Å². The normalized spacial score (nSPS) is 12.8. The number of aryl methyl sites for hydroxylation is 2. The Morgan fingerprint density at radius 3 is 2.81 bits per heavy atom. The standard InChI is InChI=1S/C21H17ClN2O3/c1-12-13(2)27-21(23-12)14-4-3-5-18(10-14)24-20(25)16-8-15-9-17(22)6-7-19(15)26-11-16/h3-10H,11H2,1-2H3,(H,24,25). The highest BCUT2D eigenvalue weighted by molar-refractivity contribution is 6.30. The third kappa shape index (κ3) is 3.59. The molecule has 136 valence electrons. The van der Waals surface area contributed by atoms with E-state index >= 15 is 0 Å². The lowest BCUT2D eigenvalue weighted by atomic mass is 10.1. The minimum absolute atomic E-state index is 0.207. The Labute approximate surface area is 161 Å². The van der Waals surface area contributed by atoms with Crippen molar-refractivity contribution < 1.29 is 13.9 Å². The zero-order valence-electron chi connectivity index (χ0n) is 14.9. The van der Waals surface area contributed by atoms with Crippen molar-refractivity contribution in [3.05, 3.63) is 70.1 Å². The average molecular weight is 381 g/mol. The van der Waals surface area contributed by atoms with Crippen molar-refractivity contribution in [2.75, 3.05) is 11.9 Å². The highest BCUT2D eigenvalue weighted by Crippen LogP contribution is 2.30. The smallest absolute Gasteiger partial charge is 0.255 e. The van der Waals surface area contributed by atoms with Crippen LogP contribution in [-0.4, -0.2) is 17.5 Å². The second kappa shape index (κ2) is 6.93. The van der Waals surface area contributed by atoms with Gasteiger partial charge < -0.3 is 14.5 Å². The van der Waals surface area contributed by atoms with Crippen molar-refractivity contribution in [2.24, 2.45) is 0 Å². The fourth-order valence-corrected chi connectivity index (χ4v) is 3.00. The van der Waals surface area contributed by atoms with E-state index in [4.69, 9.17) is 20.8 Å². The van der Waals surface area contributed by atoms with E-state index in [1.54, 1.807) is 24.3 Å². The summed E-state index contributed by atoms with van der Waals surface area (Å²) in [4.78, 5) is 17.0. The van der Waals surface area contributed by atoms with E-state index in [1.165, 1.54) is 0 Å². The van der Waals surface area contributed by atoms with Gasteiger partial charge in [0.15, 0.2) is 0 Å². The van der Waals surface area contributed by atoms with Gasteiger partial charge in [0.05, 0.1) is 11.3 Å². The number of benzene rings is 2. The van der Waals surface area contributed by atoms with Crippen LogP contribution in [0.15, 0.2) is 52.5 Å². The molecule has 2 aromatic carbocycles. The molecule has 0 fully saturated rings. The van der Waals surface area contributed by atoms with Gasteiger partial charge in [-0.3, -0.25) is 4.79 Å². The number of ether oxygens (including phenoxy) is 1. The molecular formula is C21H17ClN2O3. The summed E-state index contributed by atoms with van der Waals surface area (Å²) in [6.45, 7) is 3.98. The van der Waals surface area contributed by atoms with Gasteiger partial charge in [-0.15, -0.1) is 0 Å². The molecule has 4 rings (SSSR count). The van der Waals surface area contributed by atoms with Crippen LogP contribution in [0.4, 0.5) is 5.69 Å². The SMILES string of the molecule is Cc1nc(-c2cccc(NC(=O)C3=Cc4cc(Cl)ccc4OC3)c2)oc1C. The summed E-state index contributed by atoms with van der Waals surface area (Å²) in [5.74, 6) is 1.80. The Morgan fingerprint density at radius 1 is 1.19 bits per heavy atom. The Bertz CT molecular complexity index is 1050. The topological polar surface area (TPSA) is 64.4 Å². The molecule has 0 spiro atoms. The first-order valence-corrected chi connectivity index (χ1v) is 8.86. The molecule has 0 saturated carbocycles. The third-order valence-corrected chi connectivity index (χ3v) is 4.61. The van der Waals surface area contributed by atoms with Crippen LogP contribution in [0.5, 0.6) is 5.75 Å². The highest BCUT2D eigenvalue weighted by Gasteiger charge is 2.18. The minimum atomic E-state index is -0.224. The molecule has 1 aliphatic rings. The van der Waals surface area contributed by atoms with Crippen LogP contribution < -0.4 is 10.1 Å². The number of nitrogens with one attached hydrogen (secondary N) is 1. The maximum atomic E-state index is 12.6. The molecule has 0 unspecified atom stereocenters. The van der Waals surface area contributed by atoms with Crippen LogP contribution in [0, 0.1) is 13.8 Å². The van der Waals surface area contributed by atoms with E-state index in [1.807, 2.05) is 38.1 Å².